The van der Waals surface area contributed by atoms with Crippen molar-refractivity contribution in [3.05, 3.63) is 64.2 Å². The van der Waals surface area contributed by atoms with Crippen LogP contribution in [0.4, 0.5) is 5.69 Å². The number of carbonyl (C=O) groups is 2. The number of hydrogen-bond acceptors (Lipinski definition) is 2. The molecule has 2 aromatic rings. The van der Waals surface area contributed by atoms with E-state index in [1.165, 1.54) is 21.6 Å². The van der Waals surface area contributed by atoms with E-state index in [4.69, 9.17) is 11.6 Å². The number of hydrogen-bond donors (Lipinski definition) is 0. The minimum absolute atomic E-state index is 0.0285. The number of nitrogens with zero attached hydrogens (tertiary/aromatic N) is 1. The highest BCUT2D eigenvalue weighted by Gasteiger charge is 2.64. The van der Waals surface area contributed by atoms with Gasteiger partial charge in [0.05, 0.1) is 17.5 Å². The molecule has 2 amide bonds. The monoisotopic (exact) mass is 379 g/mol. The Balaban J connectivity index is 1.51. The Morgan fingerprint density at radius 2 is 1.74 bits per heavy atom. The third-order valence-electron chi connectivity index (χ3n) is 6.92. The molecule has 2 bridgehead atoms. The van der Waals surface area contributed by atoms with Crippen LogP contribution < -0.4 is 4.90 Å². The molecule has 5 rings (SSSR count). The maximum atomic E-state index is 13.3. The lowest BCUT2D eigenvalue weighted by Gasteiger charge is -2.30. The first kappa shape index (κ1) is 17.0. The predicted octanol–water partition coefficient (Wildman–Crippen LogP) is 4.89. The van der Waals surface area contributed by atoms with Crippen molar-refractivity contribution in [3.8, 4) is 0 Å². The zero-order valence-corrected chi connectivity index (χ0v) is 16.2. The Morgan fingerprint density at radius 3 is 2.52 bits per heavy atom. The van der Waals surface area contributed by atoms with Crippen molar-refractivity contribution in [3.63, 3.8) is 0 Å². The van der Waals surface area contributed by atoms with E-state index in [1.54, 1.807) is 24.3 Å². The maximum Gasteiger partial charge on any atom is 0.237 e. The number of amides is 2. The van der Waals surface area contributed by atoms with E-state index >= 15 is 0 Å². The lowest BCUT2D eigenvalue weighted by Crippen LogP contribution is -2.33. The zero-order chi connectivity index (χ0) is 18.9. The van der Waals surface area contributed by atoms with Crippen LogP contribution in [0, 0.1) is 37.5 Å². The van der Waals surface area contributed by atoms with Crippen molar-refractivity contribution in [1.29, 1.82) is 0 Å². The van der Waals surface area contributed by atoms with Crippen LogP contribution in [-0.2, 0) is 9.59 Å². The molecule has 1 aliphatic heterocycles. The lowest BCUT2D eigenvalue weighted by atomic mass is 9.72. The van der Waals surface area contributed by atoms with Gasteiger partial charge in [-0.25, -0.2) is 4.90 Å². The average Bonchev–Trinajstić information content (AvgIpc) is 3.28. The average molecular weight is 380 g/mol. The first-order chi connectivity index (χ1) is 13.0. The van der Waals surface area contributed by atoms with E-state index in [9.17, 15) is 9.59 Å². The van der Waals surface area contributed by atoms with E-state index in [-0.39, 0.29) is 29.6 Å². The van der Waals surface area contributed by atoms with Gasteiger partial charge in [0.1, 0.15) is 0 Å². The standard InChI is InChI=1S/C23H22ClNO2/c1-12-6-7-13(2)17(8-12)18-9-14-10-19(18)21-20(14)22(26)25(23(21)27)16-5-3-4-15(24)11-16/h3-8,11,14,18-21H,9-10H2,1-2H3. The SMILES string of the molecule is Cc1ccc(C)c(C2CC3CC2C2C(=O)N(c4cccc(Cl)c4)C(=O)C32)c1. The summed E-state index contributed by atoms with van der Waals surface area (Å²) in [6.45, 7) is 4.27. The molecule has 0 N–H and O–H groups in total. The van der Waals surface area contributed by atoms with Crippen LogP contribution in [-0.4, -0.2) is 11.8 Å². The molecule has 2 aromatic carbocycles. The minimum Gasteiger partial charge on any atom is -0.274 e. The molecule has 0 aromatic heterocycles. The molecule has 5 unspecified atom stereocenters. The summed E-state index contributed by atoms with van der Waals surface area (Å²) in [7, 11) is 0. The fourth-order valence-corrected chi connectivity index (χ4v) is 6.03. The molecule has 138 valence electrons. The molecule has 2 aliphatic carbocycles. The second-order valence-corrected chi connectivity index (χ2v) is 8.84. The number of aryl methyl sites for hydroxylation is 2. The van der Waals surface area contributed by atoms with Gasteiger partial charge in [-0.05, 0) is 73.8 Å². The number of benzene rings is 2. The first-order valence-electron chi connectivity index (χ1n) is 9.66. The summed E-state index contributed by atoms with van der Waals surface area (Å²) >= 11 is 6.10. The van der Waals surface area contributed by atoms with Crippen LogP contribution in [0.3, 0.4) is 0 Å². The Bertz CT molecular complexity index is 969. The number of halogens is 1. The Morgan fingerprint density at radius 1 is 0.963 bits per heavy atom. The van der Waals surface area contributed by atoms with Gasteiger partial charge in [0.15, 0.2) is 0 Å². The third-order valence-corrected chi connectivity index (χ3v) is 7.15. The predicted molar refractivity (Wildman–Crippen MR) is 106 cm³/mol. The van der Waals surface area contributed by atoms with Gasteiger partial charge in [-0.1, -0.05) is 41.4 Å². The largest absolute Gasteiger partial charge is 0.274 e. The molecular formula is C23H22ClNO2. The summed E-state index contributed by atoms with van der Waals surface area (Å²) in [5, 5.41) is 0.543. The molecule has 0 radical (unpaired) electrons. The number of rotatable bonds is 2. The molecule has 3 fully saturated rings. The topological polar surface area (TPSA) is 37.4 Å². The van der Waals surface area contributed by atoms with Crippen LogP contribution in [0.5, 0.6) is 0 Å². The van der Waals surface area contributed by atoms with Crippen molar-refractivity contribution < 1.29 is 9.59 Å². The molecule has 3 aliphatic rings. The van der Waals surface area contributed by atoms with E-state index in [1.807, 2.05) is 0 Å². The Hall–Kier alpha value is -2.13. The van der Waals surface area contributed by atoms with Crippen molar-refractivity contribution in [2.24, 2.45) is 23.7 Å². The van der Waals surface area contributed by atoms with Gasteiger partial charge in [0.2, 0.25) is 11.8 Å². The highest BCUT2D eigenvalue weighted by molar-refractivity contribution is 6.31. The van der Waals surface area contributed by atoms with Crippen LogP contribution >= 0.6 is 11.6 Å². The summed E-state index contributed by atoms with van der Waals surface area (Å²) < 4.78 is 0. The van der Waals surface area contributed by atoms with Crippen molar-refractivity contribution in [2.45, 2.75) is 32.6 Å². The first-order valence-corrected chi connectivity index (χ1v) is 10.0. The lowest BCUT2D eigenvalue weighted by molar-refractivity contribution is -0.123. The number of anilines is 1. The van der Waals surface area contributed by atoms with Gasteiger partial charge >= 0.3 is 0 Å². The number of imide groups is 1. The van der Waals surface area contributed by atoms with Crippen LogP contribution in [0.25, 0.3) is 0 Å². The summed E-state index contributed by atoms with van der Waals surface area (Å²) in [5.41, 5.74) is 4.51. The fourth-order valence-electron chi connectivity index (χ4n) is 5.85. The second kappa shape index (κ2) is 5.93. The summed E-state index contributed by atoms with van der Waals surface area (Å²) in [6.07, 6.45) is 2.01. The van der Waals surface area contributed by atoms with Gasteiger partial charge in [-0.3, -0.25) is 9.59 Å². The molecule has 4 heteroatoms. The van der Waals surface area contributed by atoms with Gasteiger partial charge < -0.3 is 0 Å². The summed E-state index contributed by atoms with van der Waals surface area (Å²) in [4.78, 5) is 27.8. The molecule has 1 saturated heterocycles. The van der Waals surface area contributed by atoms with E-state index in [2.05, 4.69) is 32.0 Å². The molecule has 1 heterocycles. The van der Waals surface area contributed by atoms with Crippen molar-refractivity contribution in [1.82, 2.24) is 0 Å². The van der Waals surface area contributed by atoms with Crippen molar-refractivity contribution >= 4 is 29.1 Å². The van der Waals surface area contributed by atoms with Gasteiger partial charge in [0.25, 0.3) is 0 Å². The molecule has 2 saturated carbocycles. The summed E-state index contributed by atoms with van der Waals surface area (Å²) in [6, 6.07) is 13.6. The zero-order valence-electron chi connectivity index (χ0n) is 15.5. The molecule has 27 heavy (non-hydrogen) atoms. The van der Waals surface area contributed by atoms with E-state index in [0.717, 1.165) is 12.8 Å². The number of carbonyl (C=O) groups excluding carboxylic acids is 2. The minimum atomic E-state index is -0.180. The normalized spacial score (nSPS) is 31.7. The van der Waals surface area contributed by atoms with Gasteiger partial charge in [-0.2, -0.15) is 0 Å². The van der Waals surface area contributed by atoms with Gasteiger partial charge in [0, 0.05) is 5.02 Å². The molecule has 3 nitrogen and oxygen atoms in total. The fraction of sp³-hybridized carbons (Fsp3) is 0.391. The van der Waals surface area contributed by atoms with E-state index in [0.29, 0.717) is 22.5 Å². The molecular weight excluding hydrogens is 358 g/mol. The smallest absolute Gasteiger partial charge is 0.237 e. The quantitative estimate of drug-likeness (QED) is 0.697. The van der Waals surface area contributed by atoms with Crippen LogP contribution in [0.15, 0.2) is 42.5 Å². The van der Waals surface area contributed by atoms with Gasteiger partial charge in [-0.15, -0.1) is 0 Å². The highest BCUT2D eigenvalue weighted by atomic mass is 35.5. The third kappa shape index (κ3) is 2.41. The highest BCUT2D eigenvalue weighted by Crippen LogP contribution is 2.62. The maximum absolute atomic E-state index is 13.3. The Labute approximate surface area is 164 Å². The number of fused-ring (bicyclic) bond motifs is 5. The summed E-state index contributed by atoms with van der Waals surface area (Å²) in [5.74, 6) is 0.566. The van der Waals surface area contributed by atoms with Crippen molar-refractivity contribution in [2.75, 3.05) is 4.90 Å². The Kier molecular flexibility index (Phi) is 3.74. The van der Waals surface area contributed by atoms with Crippen LogP contribution in [0.1, 0.15) is 35.4 Å². The second-order valence-electron chi connectivity index (χ2n) is 8.41. The van der Waals surface area contributed by atoms with E-state index < -0.39 is 0 Å². The van der Waals surface area contributed by atoms with Crippen LogP contribution in [0.2, 0.25) is 5.02 Å². The molecule has 0 spiro atoms. The molecule has 5 atom stereocenters.